The lowest BCUT2D eigenvalue weighted by Crippen LogP contribution is -2.28. The highest BCUT2D eigenvalue weighted by Gasteiger charge is 2.33. The molecule has 4 rings (SSSR count). The fourth-order valence-electron chi connectivity index (χ4n) is 3.51. The minimum atomic E-state index is -0.190. The van der Waals surface area contributed by atoms with Gasteiger partial charge in [0.15, 0.2) is 5.16 Å². The molecule has 1 aliphatic rings. The molecule has 1 aliphatic heterocycles. The molecule has 8 heteroatoms. The molecule has 1 aromatic carbocycles. The van der Waals surface area contributed by atoms with Crippen LogP contribution in [0.15, 0.2) is 62.9 Å². The second kappa shape index (κ2) is 9.62. The van der Waals surface area contributed by atoms with Crippen molar-refractivity contribution in [3.05, 3.63) is 79.9 Å². The number of aromatic amines is 1. The number of nitrogens with zero attached hydrogens (tertiary/aromatic N) is 3. The Morgan fingerprint density at radius 1 is 1.29 bits per heavy atom. The predicted molar refractivity (Wildman–Crippen MR) is 126 cm³/mol. The first-order valence-electron chi connectivity index (χ1n) is 10.3. The summed E-state index contributed by atoms with van der Waals surface area (Å²) in [5.41, 5.74) is 3.73. The van der Waals surface area contributed by atoms with Gasteiger partial charge in [-0.05, 0) is 30.4 Å². The SMILES string of the molecule is CCCc1cc(=O)[nH]c(SCC(=O)N2N=C(c3cccs3)C[C@@H]2c2ccc(C)cc2)n1. The number of amides is 1. The predicted octanol–water partition coefficient (Wildman–Crippen LogP) is 4.56. The number of thiophene rings is 1. The van der Waals surface area contributed by atoms with E-state index in [1.54, 1.807) is 16.3 Å². The standard InChI is InChI=1S/C23H24N4O2S2/c1-3-5-17-12-21(28)25-23(24-17)31-14-22(29)27-19(16-9-7-15(2)8-10-16)13-18(26-27)20-6-4-11-30-20/h4,6-12,19H,3,5,13-14H2,1-2H3,(H,24,25,28)/t19-/m1/s1. The summed E-state index contributed by atoms with van der Waals surface area (Å²) in [5, 5.41) is 8.78. The molecule has 0 fully saturated rings. The normalized spacial score (nSPS) is 15.9. The van der Waals surface area contributed by atoms with Crippen molar-refractivity contribution in [2.75, 3.05) is 5.75 Å². The molecule has 2 aromatic heterocycles. The highest BCUT2D eigenvalue weighted by atomic mass is 32.2. The Bertz CT molecular complexity index is 1140. The van der Waals surface area contributed by atoms with E-state index in [-0.39, 0.29) is 23.3 Å². The first-order valence-corrected chi connectivity index (χ1v) is 12.1. The van der Waals surface area contributed by atoms with Gasteiger partial charge in [-0.2, -0.15) is 5.10 Å². The average molecular weight is 453 g/mol. The summed E-state index contributed by atoms with van der Waals surface area (Å²) in [4.78, 5) is 33.3. The molecule has 1 amide bonds. The van der Waals surface area contributed by atoms with Crippen LogP contribution in [-0.2, 0) is 11.2 Å². The molecule has 1 N–H and O–H groups in total. The van der Waals surface area contributed by atoms with Gasteiger partial charge in [0, 0.05) is 18.2 Å². The van der Waals surface area contributed by atoms with Crippen LogP contribution < -0.4 is 5.56 Å². The number of carbonyl (C=O) groups is 1. The number of aryl methyl sites for hydroxylation is 2. The van der Waals surface area contributed by atoms with E-state index in [0.29, 0.717) is 11.6 Å². The summed E-state index contributed by atoms with van der Waals surface area (Å²) in [5.74, 6) is 0.0490. The summed E-state index contributed by atoms with van der Waals surface area (Å²) < 4.78 is 0. The number of carbonyl (C=O) groups excluding carboxylic acids is 1. The van der Waals surface area contributed by atoms with Crippen LogP contribution in [0.4, 0.5) is 0 Å². The average Bonchev–Trinajstić information content (AvgIpc) is 3.42. The van der Waals surface area contributed by atoms with Gasteiger partial charge in [-0.3, -0.25) is 9.59 Å². The molecule has 0 saturated carbocycles. The zero-order valence-electron chi connectivity index (χ0n) is 17.5. The Balaban J connectivity index is 1.54. The van der Waals surface area contributed by atoms with Crippen molar-refractivity contribution in [1.29, 1.82) is 0 Å². The maximum Gasteiger partial charge on any atom is 0.253 e. The Hall–Kier alpha value is -2.71. The molecule has 0 radical (unpaired) electrons. The lowest BCUT2D eigenvalue weighted by atomic mass is 10.00. The van der Waals surface area contributed by atoms with Crippen LogP contribution in [0.1, 0.15) is 47.5 Å². The number of hydrogen-bond donors (Lipinski definition) is 1. The molecule has 0 spiro atoms. The largest absolute Gasteiger partial charge is 0.301 e. The topological polar surface area (TPSA) is 78.4 Å². The number of hydrogen-bond acceptors (Lipinski definition) is 6. The Labute approximate surface area is 189 Å². The maximum atomic E-state index is 13.2. The highest BCUT2D eigenvalue weighted by molar-refractivity contribution is 7.99. The number of benzene rings is 1. The van der Waals surface area contributed by atoms with Gasteiger partial charge in [0.05, 0.1) is 22.4 Å². The molecule has 3 aromatic rings. The Kier molecular flexibility index (Phi) is 6.67. The van der Waals surface area contributed by atoms with Gasteiger partial charge < -0.3 is 4.98 Å². The molecule has 1 atom stereocenters. The molecule has 0 bridgehead atoms. The molecular formula is C23H24N4O2S2. The number of H-pyrrole nitrogens is 1. The van der Waals surface area contributed by atoms with Crippen LogP contribution in [0.2, 0.25) is 0 Å². The van der Waals surface area contributed by atoms with Crippen LogP contribution in [0.3, 0.4) is 0 Å². The number of aromatic nitrogens is 2. The van der Waals surface area contributed by atoms with Gasteiger partial charge in [-0.15, -0.1) is 11.3 Å². The molecule has 0 unspecified atom stereocenters. The van der Waals surface area contributed by atoms with Crippen molar-refractivity contribution in [3.8, 4) is 0 Å². The Morgan fingerprint density at radius 2 is 2.10 bits per heavy atom. The monoisotopic (exact) mass is 452 g/mol. The van der Waals surface area contributed by atoms with Crippen LogP contribution in [0, 0.1) is 6.92 Å². The lowest BCUT2D eigenvalue weighted by Gasteiger charge is -2.22. The Morgan fingerprint density at radius 3 is 2.81 bits per heavy atom. The summed E-state index contributed by atoms with van der Waals surface area (Å²) in [6, 6.07) is 13.7. The fourth-order valence-corrected chi connectivity index (χ4v) is 4.98. The van der Waals surface area contributed by atoms with E-state index in [1.807, 2.05) is 31.4 Å². The second-order valence-corrected chi connectivity index (χ2v) is 9.39. The minimum Gasteiger partial charge on any atom is -0.301 e. The number of thioether (sulfide) groups is 1. The molecule has 6 nitrogen and oxygen atoms in total. The molecule has 3 heterocycles. The summed E-state index contributed by atoms with van der Waals surface area (Å²) in [6.45, 7) is 4.09. The molecule has 160 valence electrons. The first-order chi connectivity index (χ1) is 15.0. The van der Waals surface area contributed by atoms with Crippen molar-refractivity contribution in [2.24, 2.45) is 5.10 Å². The van der Waals surface area contributed by atoms with Crippen molar-refractivity contribution in [3.63, 3.8) is 0 Å². The van der Waals surface area contributed by atoms with E-state index in [9.17, 15) is 9.59 Å². The maximum absolute atomic E-state index is 13.2. The molecule has 0 aliphatic carbocycles. The van der Waals surface area contributed by atoms with Crippen molar-refractivity contribution in [1.82, 2.24) is 15.0 Å². The van der Waals surface area contributed by atoms with Crippen molar-refractivity contribution < 1.29 is 4.79 Å². The molecular weight excluding hydrogens is 428 g/mol. The van der Waals surface area contributed by atoms with E-state index in [2.05, 4.69) is 34.2 Å². The van der Waals surface area contributed by atoms with Gasteiger partial charge >= 0.3 is 0 Å². The van der Waals surface area contributed by atoms with Crippen LogP contribution in [0.5, 0.6) is 0 Å². The van der Waals surface area contributed by atoms with Crippen LogP contribution in [0.25, 0.3) is 0 Å². The smallest absolute Gasteiger partial charge is 0.253 e. The third-order valence-electron chi connectivity index (χ3n) is 5.05. The van der Waals surface area contributed by atoms with E-state index < -0.39 is 0 Å². The van der Waals surface area contributed by atoms with Crippen LogP contribution in [-0.4, -0.2) is 32.3 Å². The van der Waals surface area contributed by atoms with Crippen molar-refractivity contribution >= 4 is 34.7 Å². The second-order valence-electron chi connectivity index (χ2n) is 7.47. The zero-order valence-corrected chi connectivity index (χ0v) is 19.1. The van der Waals surface area contributed by atoms with Gasteiger partial charge in [0.1, 0.15) is 0 Å². The third kappa shape index (κ3) is 5.14. The van der Waals surface area contributed by atoms with Gasteiger partial charge in [0.25, 0.3) is 11.5 Å². The third-order valence-corrected chi connectivity index (χ3v) is 6.82. The minimum absolute atomic E-state index is 0.106. The van der Waals surface area contributed by atoms with Gasteiger partial charge in [-0.25, -0.2) is 9.99 Å². The van der Waals surface area contributed by atoms with Gasteiger partial charge in [0.2, 0.25) is 0 Å². The van der Waals surface area contributed by atoms with E-state index in [1.165, 1.54) is 23.4 Å². The molecule has 0 saturated heterocycles. The molecule has 31 heavy (non-hydrogen) atoms. The summed E-state index contributed by atoms with van der Waals surface area (Å²) >= 11 is 2.87. The van der Waals surface area contributed by atoms with E-state index in [0.717, 1.165) is 34.7 Å². The first kappa shape index (κ1) is 21.5. The fraction of sp³-hybridized carbons (Fsp3) is 0.304. The number of nitrogens with one attached hydrogen (secondary N) is 1. The summed E-state index contributed by atoms with van der Waals surface area (Å²) in [7, 11) is 0. The van der Waals surface area contributed by atoms with Crippen molar-refractivity contribution in [2.45, 2.75) is 44.3 Å². The number of hydrazone groups is 1. The zero-order chi connectivity index (χ0) is 21.8. The quantitative estimate of drug-likeness (QED) is 0.421. The van der Waals surface area contributed by atoms with E-state index >= 15 is 0 Å². The van der Waals surface area contributed by atoms with Gasteiger partial charge in [-0.1, -0.05) is 61.0 Å². The van der Waals surface area contributed by atoms with Crippen LogP contribution >= 0.6 is 23.1 Å². The lowest BCUT2D eigenvalue weighted by molar-refractivity contribution is -0.130. The highest BCUT2D eigenvalue weighted by Crippen LogP contribution is 2.34. The summed E-state index contributed by atoms with van der Waals surface area (Å²) in [6.07, 6.45) is 2.33. The van der Waals surface area contributed by atoms with E-state index in [4.69, 9.17) is 5.10 Å². The number of rotatable bonds is 7.